The molecule has 8 nitrogen and oxygen atoms in total. The van der Waals surface area contributed by atoms with Crippen LogP contribution in [0.2, 0.25) is 0 Å². The number of fused-ring (bicyclic) bond motifs is 3. The molecule has 6 rings (SSSR count). The molecule has 32 heavy (non-hydrogen) atoms. The van der Waals surface area contributed by atoms with Gasteiger partial charge in [0.05, 0.1) is 16.9 Å². The first-order valence-electron chi connectivity index (χ1n) is 10.2. The van der Waals surface area contributed by atoms with Crippen molar-refractivity contribution in [1.82, 2.24) is 24.8 Å². The largest absolute Gasteiger partial charge is 0.482 e. The maximum Gasteiger partial charge on any atom is 0.264 e. The molecule has 0 saturated heterocycles. The van der Waals surface area contributed by atoms with E-state index >= 15 is 0 Å². The summed E-state index contributed by atoms with van der Waals surface area (Å²) in [5.41, 5.74) is 5.18. The highest BCUT2D eigenvalue weighted by molar-refractivity contribution is 5.97. The SMILES string of the molecule is CN1C(=O)COc2cc(-c3ccc4nnc(Cc5ccc6ncccc6c5)n4n3)ccc21. The molecule has 5 aromatic rings. The molecule has 0 unspecified atom stereocenters. The lowest BCUT2D eigenvalue weighted by Gasteiger charge is -2.26. The van der Waals surface area contributed by atoms with Crippen molar-refractivity contribution in [2.75, 3.05) is 18.6 Å². The van der Waals surface area contributed by atoms with Crippen LogP contribution in [-0.2, 0) is 11.2 Å². The van der Waals surface area contributed by atoms with Gasteiger partial charge in [-0.2, -0.15) is 9.61 Å². The van der Waals surface area contributed by atoms with E-state index in [-0.39, 0.29) is 12.5 Å². The molecule has 0 atom stereocenters. The normalized spacial score (nSPS) is 13.4. The van der Waals surface area contributed by atoms with E-state index in [2.05, 4.69) is 27.3 Å². The zero-order chi connectivity index (χ0) is 21.7. The van der Waals surface area contributed by atoms with Gasteiger partial charge in [0.25, 0.3) is 5.91 Å². The summed E-state index contributed by atoms with van der Waals surface area (Å²) in [5.74, 6) is 1.35. The van der Waals surface area contributed by atoms with Crippen molar-refractivity contribution in [3.63, 3.8) is 0 Å². The second-order valence-corrected chi connectivity index (χ2v) is 7.74. The van der Waals surface area contributed by atoms with E-state index in [4.69, 9.17) is 9.84 Å². The zero-order valence-corrected chi connectivity index (χ0v) is 17.3. The Hall–Kier alpha value is -4.33. The summed E-state index contributed by atoms with van der Waals surface area (Å²) < 4.78 is 7.40. The van der Waals surface area contributed by atoms with E-state index < -0.39 is 0 Å². The van der Waals surface area contributed by atoms with E-state index in [1.807, 2.05) is 48.5 Å². The van der Waals surface area contributed by atoms with Crippen molar-refractivity contribution in [2.24, 2.45) is 0 Å². The topological polar surface area (TPSA) is 85.5 Å². The Labute approximate surface area is 183 Å². The number of rotatable bonds is 3. The van der Waals surface area contributed by atoms with Crippen LogP contribution in [0.25, 0.3) is 27.8 Å². The molecule has 156 valence electrons. The number of amides is 1. The Bertz CT molecular complexity index is 1510. The van der Waals surface area contributed by atoms with Gasteiger partial charge in [-0.1, -0.05) is 18.2 Å². The number of anilines is 1. The smallest absolute Gasteiger partial charge is 0.264 e. The van der Waals surface area contributed by atoms with Crippen LogP contribution in [0.1, 0.15) is 11.4 Å². The summed E-state index contributed by atoms with van der Waals surface area (Å²) in [6.45, 7) is 0.0380. The molecule has 4 heterocycles. The Morgan fingerprint density at radius 2 is 1.97 bits per heavy atom. The van der Waals surface area contributed by atoms with Crippen LogP contribution in [0.15, 0.2) is 66.9 Å². The van der Waals surface area contributed by atoms with Crippen molar-refractivity contribution < 1.29 is 9.53 Å². The molecule has 8 heteroatoms. The molecular weight excluding hydrogens is 404 g/mol. The summed E-state index contributed by atoms with van der Waals surface area (Å²) in [4.78, 5) is 17.8. The zero-order valence-electron chi connectivity index (χ0n) is 17.3. The van der Waals surface area contributed by atoms with Gasteiger partial charge in [-0.3, -0.25) is 9.78 Å². The Balaban J connectivity index is 1.36. The highest BCUT2D eigenvalue weighted by Crippen LogP contribution is 2.34. The van der Waals surface area contributed by atoms with Gasteiger partial charge < -0.3 is 9.64 Å². The molecule has 0 N–H and O–H groups in total. The second kappa shape index (κ2) is 7.12. The number of ether oxygens (including phenoxy) is 1. The fraction of sp³-hybridized carbons (Fsp3) is 0.125. The van der Waals surface area contributed by atoms with E-state index in [0.29, 0.717) is 17.8 Å². The van der Waals surface area contributed by atoms with Gasteiger partial charge in [0.1, 0.15) is 5.75 Å². The summed E-state index contributed by atoms with van der Waals surface area (Å²) in [6.07, 6.45) is 2.39. The van der Waals surface area contributed by atoms with E-state index in [9.17, 15) is 4.79 Å². The first kappa shape index (κ1) is 18.4. The fourth-order valence-electron chi connectivity index (χ4n) is 3.95. The lowest BCUT2D eigenvalue weighted by atomic mass is 10.1. The third-order valence-corrected chi connectivity index (χ3v) is 5.70. The summed E-state index contributed by atoms with van der Waals surface area (Å²) >= 11 is 0. The predicted octanol–water partition coefficient (Wildman–Crippen LogP) is 3.29. The molecule has 0 saturated carbocycles. The average molecular weight is 422 g/mol. The Kier molecular flexibility index (Phi) is 4.10. The number of nitrogens with zero attached hydrogens (tertiary/aromatic N) is 6. The fourth-order valence-corrected chi connectivity index (χ4v) is 3.95. The third-order valence-electron chi connectivity index (χ3n) is 5.70. The molecule has 1 aliphatic rings. The number of carbonyl (C=O) groups is 1. The number of pyridine rings is 1. The van der Waals surface area contributed by atoms with Gasteiger partial charge in [0.2, 0.25) is 0 Å². The minimum Gasteiger partial charge on any atom is -0.482 e. The quantitative estimate of drug-likeness (QED) is 0.444. The lowest BCUT2D eigenvalue weighted by molar-refractivity contribution is -0.120. The predicted molar refractivity (Wildman–Crippen MR) is 120 cm³/mol. The number of benzene rings is 2. The van der Waals surface area contributed by atoms with E-state index in [1.54, 1.807) is 22.7 Å². The van der Waals surface area contributed by atoms with Gasteiger partial charge in [-0.25, -0.2) is 0 Å². The third kappa shape index (κ3) is 3.04. The standard InChI is InChI=1S/C24H18N6O2/c1-29-20-8-5-17(13-21(20)32-14-24(29)31)19-7-9-22-26-27-23(30(22)28-19)12-15-4-6-18-16(11-15)3-2-10-25-18/h2-11,13H,12,14H2,1H3. The summed E-state index contributed by atoms with van der Waals surface area (Å²) in [5, 5.41) is 14.5. The number of likely N-dealkylation sites (N-methyl/N-ethyl adjacent to an activating group) is 1. The van der Waals surface area contributed by atoms with Gasteiger partial charge in [0.15, 0.2) is 18.1 Å². The number of carbonyl (C=O) groups excluding carboxylic acids is 1. The van der Waals surface area contributed by atoms with Crippen molar-refractivity contribution in [2.45, 2.75) is 6.42 Å². The van der Waals surface area contributed by atoms with Crippen LogP contribution in [0.3, 0.4) is 0 Å². The molecule has 0 spiro atoms. The summed E-state index contributed by atoms with van der Waals surface area (Å²) in [7, 11) is 1.75. The van der Waals surface area contributed by atoms with Gasteiger partial charge in [-0.15, -0.1) is 10.2 Å². The molecule has 0 aliphatic carbocycles. The molecule has 0 radical (unpaired) electrons. The lowest BCUT2D eigenvalue weighted by Crippen LogP contribution is -2.35. The minimum absolute atomic E-state index is 0.0380. The number of aromatic nitrogens is 5. The van der Waals surface area contributed by atoms with Gasteiger partial charge >= 0.3 is 0 Å². The average Bonchev–Trinajstić information content (AvgIpc) is 3.23. The van der Waals surface area contributed by atoms with Crippen molar-refractivity contribution >= 4 is 28.1 Å². The van der Waals surface area contributed by atoms with Crippen LogP contribution in [0.5, 0.6) is 5.75 Å². The second-order valence-electron chi connectivity index (χ2n) is 7.74. The van der Waals surface area contributed by atoms with E-state index in [1.165, 1.54) is 0 Å². The highest BCUT2D eigenvalue weighted by atomic mass is 16.5. The maximum atomic E-state index is 11.9. The van der Waals surface area contributed by atoms with Crippen LogP contribution >= 0.6 is 0 Å². The molecule has 0 fully saturated rings. The maximum absolute atomic E-state index is 11.9. The van der Waals surface area contributed by atoms with Crippen molar-refractivity contribution in [3.05, 3.63) is 78.2 Å². The van der Waals surface area contributed by atoms with E-state index in [0.717, 1.165) is 39.2 Å². The monoisotopic (exact) mass is 422 g/mol. The first-order chi connectivity index (χ1) is 15.7. The highest BCUT2D eigenvalue weighted by Gasteiger charge is 2.22. The molecule has 3 aromatic heterocycles. The molecule has 0 bridgehead atoms. The first-order valence-corrected chi connectivity index (χ1v) is 10.2. The number of hydrogen-bond donors (Lipinski definition) is 0. The molecular formula is C24H18N6O2. The van der Waals surface area contributed by atoms with Crippen LogP contribution < -0.4 is 9.64 Å². The van der Waals surface area contributed by atoms with Gasteiger partial charge in [-0.05, 0) is 48.0 Å². The Morgan fingerprint density at radius 3 is 2.91 bits per heavy atom. The van der Waals surface area contributed by atoms with Crippen molar-refractivity contribution in [1.29, 1.82) is 0 Å². The minimum atomic E-state index is -0.0663. The molecule has 1 amide bonds. The molecule has 1 aliphatic heterocycles. The van der Waals surface area contributed by atoms with Crippen molar-refractivity contribution in [3.8, 4) is 17.0 Å². The Morgan fingerprint density at radius 1 is 1.03 bits per heavy atom. The van der Waals surface area contributed by atoms with Gasteiger partial charge in [0, 0.05) is 30.6 Å². The van der Waals surface area contributed by atoms with Crippen LogP contribution in [0.4, 0.5) is 5.69 Å². The van der Waals surface area contributed by atoms with Crippen LogP contribution in [-0.4, -0.2) is 44.4 Å². The van der Waals surface area contributed by atoms with Crippen LogP contribution in [0, 0.1) is 0 Å². The summed E-state index contributed by atoms with van der Waals surface area (Å²) in [6, 6.07) is 19.7. The molecule has 2 aromatic carbocycles. The number of hydrogen-bond acceptors (Lipinski definition) is 6.